The number of rotatable bonds is 6. The molecule has 0 aliphatic rings. The van der Waals surface area contributed by atoms with Crippen LogP contribution in [0.5, 0.6) is 0 Å². The van der Waals surface area contributed by atoms with Crippen molar-refractivity contribution in [3.05, 3.63) is 12.2 Å². The molecule has 0 aromatic rings. The van der Waals surface area contributed by atoms with Crippen molar-refractivity contribution in [2.24, 2.45) is 16.8 Å². The molecule has 0 aliphatic heterocycles. The molecule has 0 heterocycles. The molecule has 0 aromatic heterocycles. The number of hydrogen-bond donors (Lipinski definition) is 0. The minimum Gasteiger partial charge on any atom is -0.289 e. The highest BCUT2D eigenvalue weighted by atomic mass is 14.7. The second kappa shape index (κ2) is 6.80. The summed E-state index contributed by atoms with van der Waals surface area (Å²) in [6.07, 6.45) is 2.31. The minimum atomic E-state index is 0.550. The standard InChI is InChI=1S/C13H25N/c1-7-8-13(11(4)5)14-9-12(6)10(2)3/h10-11H,6-9H2,1-5H3/b14-13-. The number of nitrogens with zero attached hydrogens (tertiary/aromatic N) is 1. The Kier molecular flexibility index (Phi) is 6.52. The normalized spacial score (nSPS) is 12.6. The Morgan fingerprint density at radius 2 is 1.71 bits per heavy atom. The van der Waals surface area contributed by atoms with Gasteiger partial charge in [-0.25, -0.2) is 0 Å². The second-order valence-corrected chi connectivity index (χ2v) is 4.53. The average Bonchev–Trinajstić information content (AvgIpc) is 2.10. The molecule has 82 valence electrons. The van der Waals surface area contributed by atoms with Gasteiger partial charge in [-0.1, -0.05) is 53.2 Å². The zero-order valence-corrected chi connectivity index (χ0v) is 10.4. The molecule has 0 N–H and O–H groups in total. The molecular weight excluding hydrogens is 170 g/mol. The molecule has 1 nitrogen and oxygen atoms in total. The van der Waals surface area contributed by atoms with Crippen LogP contribution in [-0.4, -0.2) is 12.3 Å². The van der Waals surface area contributed by atoms with Gasteiger partial charge in [0.25, 0.3) is 0 Å². The van der Waals surface area contributed by atoms with Gasteiger partial charge < -0.3 is 0 Å². The first-order valence-corrected chi connectivity index (χ1v) is 5.69. The van der Waals surface area contributed by atoms with Crippen LogP contribution in [0.2, 0.25) is 0 Å². The van der Waals surface area contributed by atoms with Crippen molar-refractivity contribution in [1.82, 2.24) is 0 Å². The average molecular weight is 195 g/mol. The third-order valence-corrected chi connectivity index (χ3v) is 2.47. The maximum Gasteiger partial charge on any atom is 0.0599 e. The maximum atomic E-state index is 4.65. The lowest BCUT2D eigenvalue weighted by Gasteiger charge is -2.11. The molecule has 0 unspecified atom stereocenters. The summed E-state index contributed by atoms with van der Waals surface area (Å²) >= 11 is 0. The van der Waals surface area contributed by atoms with E-state index in [1.807, 2.05) is 0 Å². The summed E-state index contributed by atoms with van der Waals surface area (Å²) < 4.78 is 0. The highest BCUT2D eigenvalue weighted by Gasteiger charge is 2.04. The van der Waals surface area contributed by atoms with Crippen LogP contribution in [0.15, 0.2) is 17.1 Å². The monoisotopic (exact) mass is 195 g/mol. The van der Waals surface area contributed by atoms with E-state index in [-0.39, 0.29) is 0 Å². The van der Waals surface area contributed by atoms with Crippen molar-refractivity contribution in [1.29, 1.82) is 0 Å². The van der Waals surface area contributed by atoms with Crippen LogP contribution >= 0.6 is 0 Å². The Labute approximate surface area is 89.3 Å². The molecular formula is C13H25N. The van der Waals surface area contributed by atoms with Gasteiger partial charge in [-0.3, -0.25) is 4.99 Å². The third-order valence-electron chi connectivity index (χ3n) is 2.47. The van der Waals surface area contributed by atoms with Crippen molar-refractivity contribution in [2.75, 3.05) is 6.54 Å². The fourth-order valence-electron chi connectivity index (χ4n) is 1.19. The van der Waals surface area contributed by atoms with Crippen molar-refractivity contribution < 1.29 is 0 Å². The Balaban J connectivity index is 4.22. The van der Waals surface area contributed by atoms with Gasteiger partial charge >= 0.3 is 0 Å². The van der Waals surface area contributed by atoms with Gasteiger partial charge in [0.1, 0.15) is 0 Å². The molecule has 0 aromatic carbocycles. The molecule has 0 radical (unpaired) electrons. The van der Waals surface area contributed by atoms with Crippen LogP contribution in [0.4, 0.5) is 0 Å². The van der Waals surface area contributed by atoms with Gasteiger partial charge in [-0.05, 0) is 18.3 Å². The van der Waals surface area contributed by atoms with Crippen LogP contribution in [-0.2, 0) is 0 Å². The Bertz CT molecular complexity index is 199. The van der Waals surface area contributed by atoms with Gasteiger partial charge in [0.05, 0.1) is 6.54 Å². The lowest BCUT2D eigenvalue weighted by Crippen LogP contribution is -2.09. The molecule has 0 aliphatic carbocycles. The fraction of sp³-hybridized carbons (Fsp3) is 0.769. The van der Waals surface area contributed by atoms with Crippen LogP contribution in [0.25, 0.3) is 0 Å². The fourth-order valence-corrected chi connectivity index (χ4v) is 1.19. The topological polar surface area (TPSA) is 12.4 Å². The van der Waals surface area contributed by atoms with Gasteiger partial charge in [0.15, 0.2) is 0 Å². The Morgan fingerprint density at radius 3 is 2.07 bits per heavy atom. The summed E-state index contributed by atoms with van der Waals surface area (Å²) in [6, 6.07) is 0. The van der Waals surface area contributed by atoms with E-state index in [1.165, 1.54) is 17.7 Å². The van der Waals surface area contributed by atoms with E-state index in [0.717, 1.165) is 13.0 Å². The maximum absolute atomic E-state index is 4.65. The smallest absolute Gasteiger partial charge is 0.0599 e. The van der Waals surface area contributed by atoms with E-state index in [2.05, 4.69) is 46.2 Å². The highest BCUT2D eigenvalue weighted by molar-refractivity contribution is 5.86. The summed E-state index contributed by atoms with van der Waals surface area (Å²) in [4.78, 5) is 4.65. The summed E-state index contributed by atoms with van der Waals surface area (Å²) in [5.41, 5.74) is 2.58. The molecule has 0 saturated heterocycles. The van der Waals surface area contributed by atoms with Crippen molar-refractivity contribution in [3.8, 4) is 0 Å². The van der Waals surface area contributed by atoms with E-state index in [1.54, 1.807) is 0 Å². The summed E-state index contributed by atoms with van der Waals surface area (Å²) in [5.74, 6) is 1.13. The van der Waals surface area contributed by atoms with Crippen LogP contribution < -0.4 is 0 Å². The zero-order chi connectivity index (χ0) is 11.1. The quantitative estimate of drug-likeness (QED) is 0.447. The van der Waals surface area contributed by atoms with E-state index in [9.17, 15) is 0 Å². The predicted molar refractivity (Wildman–Crippen MR) is 66.0 cm³/mol. The second-order valence-electron chi connectivity index (χ2n) is 4.53. The van der Waals surface area contributed by atoms with Gasteiger partial charge in [-0.2, -0.15) is 0 Å². The first-order chi connectivity index (χ1) is 6.49. The molecule has 0 saturated carbocycles. The van der Waals surface area contributed by atoms with Gasteiger partial charge in [-0.15, -0.1) is 0 Å². The van der Waals surface area contributed by atoms with Gasteiger partial charge in [0.2, 0.25) is 0 Å². The summed E-state index contributed by atoms with van der Waals surface area (Å²) in [5, 5.41) is 0. The van der Waals surface area contributed by atoms with E-state index in [0.29, 0.717) is 11.8 Å². The summed E-state index contributed by atoms with van der Waals surface area (Å²) in [6.45, 7) is 15.8. The number of hydrogen-bond acceptors (Lipinski definition) is 1. The molecule has 0 atom stereocenters. The van der Waals surface area contributed by atoms with Crippen molar-refractivity contribution in [3.63, 3.8) is 0 Å². The van der Waals surface area contributed by atoms with E-state index in [4.69, 9.17) is 0 Å². The zero-order valence-electron chi connectivity index (χ0n) is 10.4. The van der Waals surface area contributed by atoms with E-state index < -0.39 is 0 Å². The summed E-state index contributed by atoms with van der Waals surface area (Å²) in [7, 11) is 0. The van der Waals surface area contributed by atoms with Crippen LogP contribution in [0, 0.1) is 11.8 Å². The number of aliphatic imine (C=N–C) groups is 1. The first kappa shape index (κ1) is 13.4. The van der Waals surface area contributed by atoms with Crippen LogP contribution in [0.3, 0.4) is 0 Å². The minimum absolute atomic E-state index is 0.550. The molecule has 0 rings (SSSR count). The molecule has 0 fully saturated rings. The molecule has 14 heavy (non-hydrogen) atoms. The molecule has 0 bridgehead atoms. The lowest BCUT2D eigenvalue weighted by molar-refractivity contribution is 0.742. The van der Waals surface area contributed by atoms with E-state index >= 15 is 0 Å². The Morgan fingerprint density at radius 1 is 1.14 bits per heavy atom. The lowest BCUT2D eigenvalue weighted by atomic mass is 10.0. The molecule has 0 spiro atoms. The van der Waals surface area contributed by atoms with Crippen molar-refractivity contribution >= 4 is 5.71 Å². The Hall–Kier alpha value is -0.590. The highest BCUT2D eigenvalue weighted by Crippen LogP contribution is 2.10. The third kappa shape index (κ3) is 5.21. The van der Waals surface area contributed by atoms with Crippen LogP contribution in [0.1, 0.15) is 47.5 Å². The van der Waals surface area contributed by atoms with Crippen molar-refractivity contribution in [2.45, 2.75) is 47.5 Å². The predicted octanol–water partition coefficient (Wildman–Crippen LogP) is 4.10. The first-order valence-electron chi connectivity index (χ1n) is 5.69. The molecule has 0 amide bonds. The largest absolute Gasteiger partial charge is 0.289 e. The van der Waals surface area contributed by atoms with Gasteiger partial charge in [0, 0.05) is 5.71 Å². The molecule has 1 heteroatoms. The SMILES string of the molecule is C=C(C/N=C(/CCC)C(C)C)C(C)C.